The number of carbonyl (C=O) groups is 1. The van der Waals surface area contributed by atoms with E-state index in [1.165, 1.54) is 11.3 Å². The number of nitrogens with zero attached hydrogens (tertiary/aromatic N) is 2. The SMILES string of the molecule is CC(C)C1=C(C(C)(C)C)N(C(=O)CN(C)C)CC1. The van der Waals surface area contributed by atoms with E-state index >= 15 is 0 Å². The van der Waals surface area contributed by atoms with Crippen molar-refractivity contribution in [1.29, 1.82) is 0 Å². The lowest BCUT2D eigenvalue weighted by Gasteiger charge is -2.32. The lowest BCUT2D eigenvalue weighted by molar-refractivity contribution is -0.130. The maximum atomic E-state index is 12.3. The van der Waals surface area contributed by atoms with Gasteiger partial charge in [0.25, 0.3) is 0 Å². The van der Waals surface area contributed by atoms with Gasteiger partial charge in [0.05, 0.1) is 6.54 Å². The Morgan fingerprint density at radius 2 is 1.89 bits per heavy atom. The number of amides is 1. The van der Waals surface area contributed by atoms with E-state index in [0.717, 1.165) is 13.0 Å². The molecule has 0 unspecified atom stereocenters. The van der Waals surface area contributed by atoms with Gasteiger partial charge < -0.3 is 9.80 Å². The largest absolute Gasteiger partial charge is 0.314 e. The highest BCUT2D eigenvalue weighted by Gasteiger charge is 2.35. The van der Waals surface area contributed by atoms with Crippen LogP contribution in [0.2, 0.25) is 0 Å². The van der Waals surface area contributed by atoms with Crippen LogP contribution in [0.5, 0.6) is 0 Å². The summed E-state index contributed by atoms with van der Waals surface area (Å²) in [5.74, 6) is 0.747. The van der Waals surface area contributed by atoms with E-state index < -0.39 is 0 Å². The first-order valence-electron chi connectivity index (χ1n) is 6.83. The molecule has 3 nitrogen and oxygen atoms in total. The third kappa shape index (κ3) is 3.35. The zero-order valence-corrected chi connectivity index (χ0v) is 13.0. The molecular formula is C15H28N2O. The van der Waals surface area contributed by atoms with Crippen LogP contribution < -0.4 is 0 Å². The Morgan fingerprint density at radius 1 is 1.33 bits per heavy atom. The van der Waals surface area contributed by atoms with E-state index in [9.17, 15) is 4.79 Å². The van der Waals surface area contributed by atoms with Crippen LogP contribution in [0.15, 0.2) is 11.3 Å². The molecule has 1 rings (SSSR count). The van der Waals surface area contributed by atoms with Gasteiger partial charge in [-0.3, -0.25) is 4.79 Å². The van der Waals surface area contributed by atoms with Gasteiger partial charge in [0.2, 0.25) is 5.91 Å². The minimum atomic E-state index is 0.0398. The van der Waals surface area contributed by atoms with E-state index in [1.54, 1.807) is 0 Å². The molecule has 0 aliphatic carbocycles. The Bertz CT molecular complexity index is 348. The van der Waals surface area contributed by atoms with Crippen molar-refractivity contribution >= 4 is 5.91 Å². The van der Waals surface area contributed by atoms with Crippen molar-refractivity contribution in [3.63, 3.8) is 0 Å². The van der Waals surface area contributed by atoms with Gasteiger partial charge in [-0.05, 0) is 32.0 Å². The van der Waals surface area contributed by atoms with Crippen LogP contribution in [0.3, 0.4) is 0 Å². The Balaban J connectivity index is 3.05. The molecule has 18 heavy (non-hydrogen) atoms. The van der Waals surface area contributed by atoms with Crippen molar-refractivity contribution in [2.75, 3.05) is 27.2 Å². The molecule has 3 heteroatoms. The van der Waals surface area contributed by atoms with Gasteiger partial charge in [-0.2, -0.15) is 0 Å². The highest BCUT2D eigenvalue weighted by atomic mass is 16.2. The Hall–Kier alpha value is -0.830. The van der Waals surface area contributed by atoms with Gasteiger partial charge in [0, 0.05) is 17.7 Å². The van der Waals surface area contributed by atoms with Gasteiger partial charge >= 0.3 is 0 Å². The van der Waals surface area contributed by atoms with Gasteiger partial charge in [0.1, 0.15) is 0 Å². The van der Waals surface area contributed by atoms with Crippen LogP contribution in [0, 0.1) is 11.3 Å². The number of hydrogen-bond acceptors (Lipinski definition) is 2. The second kappa shape index (κ2) is 5.43. The maximum Gasteiger partial charge on any atom is 0.240 e. The van der Waals surface area contributed by atoms with E-state index in [1.807, 2.05) is 23.9 Å². The molecule has 1 aliphatic heterocycles. The van der Waals surface area contributed by atoms with E-state index in [2.05, 4.69) is 34.6 Å². The van der Waals surface area contributed by atoms with Gasteiger partial charge in [-0.25, -0.2) is 0 Å². The van der Waals surface area contributed by atoms with Crippen molar-refractivity contribution in [3.8, 4) is 0 Å². The summed E-state index contributed by atoms with van der Waals surface area (Å²) in [6.07, 6.45) is 1.03. The summed E-state index contributed by atoms with van der Waals surface area (Å²) < 4.78 is 0. The van der Waals surface area contributed by atoms with Crippen molar-refractivity contribution in [2.45, 2.75) is 41.0 Å². The van der Waals surface area contributed by atoms with Crippen LogP contribution in [0.25, 0.3) is 0 Å². The lowest BCUT2D eigenvalue weighted by Crippen LogP contribution is -2.39. The molecular weight excluding hydrogens is 224 g/mol. The number of hydrogen-bond donors (Lipinski definition) is 0. The summed E-state index contributed by atoms with van der Waals surface area (Å²) in [7, 11) is 3.88. The molecule has 0 aromatic carbocycles. The second-order valence-corrected chi connectivity index (χ2v) is 6.81. The first-order valence-corrected chi connectivity index (χ1v) is 6.83. The fourth-order valence-electron chi connectivity index (χ4n) is 2.69. The summed E-state index contributed by atoms with van der Waals surface area (Å²) >= 11 is 0. The summed E-state index contributed by atoms with van der Waals surface area (Å²) in [6, 6.07) is 0. The maximum absolute atomic E-state index is 12.3. The van der Waals surface area contributed by atoms with Gasteiger partial charge in [-0.15, -0.1) is 0 Å². The van der Waals surface area contributed by atoms with Crippen molar-refractivity contribution in [2.24, 2.45) is 11.3 Å². The highest BCUT2D eigenvalue weighted by molar-refractivity contribution is 5.81. The smallest absolute Gasteiger partial charge is 0.240 e. The zero-order chi connectivity index (χ0) is 14.1. The number of likely N-dealkylation sites (N-methyl/N-ethyl adjacent to an activating group) is 1. The third-order valence-electron chi connectivity index (χ3n) is 3.34. The third-order valence-corrected chi connectivity index (χ3v) is 3.34. The normalized spacial score (nSPS) is 17.3. The number of allylic oxidation sites excluding steroid dienone is 1. The molecule has 1 heterocycles. The van der Waals surface area contributed by atoms with Gasteiger partial charge in [-0.1, -0.05) is 34.6 Å². The van der Waals surface area contributed by atoms with Gasteiger partial charge in [0.15, 0.2) is 0 Å². The molecule has 0 saturated heterocycles. The predicted octanol–water partition coefficient (Wildman–Crippen LogP) is 2.74. The molecule has 0 N–H and O–H groups in total. The average Bonchev–Trinajstić information content (AvgIpc) is 2.59. The monoisotopic (exact) mass is 252 g/mol. The topological polar surface area (TPSA) is 23.6 Å². The number of carbonyl (C=O) groups excluding carboxylic acids is 1. The number of rotatable bonds is 3. The molecule has 0 radical (unpaired) electrons. The van der Waals surface area contributed by atoms with Crippen LogP contribution in [-0.2, 0) is 4.79 Å². The fraction of sp³-hybridized carbons (Fsp3) is 0.800. The Kier molecular flexibility index (Phi) is 4.60. The molecule has 0 atom stereocenters. The van der Waals surface area contributed by atoms with Crippen molar-refractivity contribution < 1.29 is 4.79 Å². The Labute approximate surface area is 112 Å². The van der Waals surface area contributed by atoms with E-state index in [4.69, 9.17) is 0 Å². The molecule has 0 bridgehead atoms. The quantitative estimate of drug-likeness (QED) is 0.771. The first kappa shape index (κ1) is 15.2. The van der Waals surface area contributed by atoms with E-state index in [-0.39, 0.29) is 11.3 Å². The molecule has 1 aliphatic rings. The standard InChI is InChI=1S/C15H28N2O/c1-11(2)12-8-9-17(13(18)10-16(6)7)14(12)15(3,4)5/h11H,8-10H2,1-7H3. The minimum absolute atomic E-state index is 0.0398. The molecule has 0 aromatic heterocycles. The molecule has 1 amide bonds. The predicted molar refractivity (Wildman–Crippen MR) is 76.2 cm³/mol. The minimum Gasteiger partial charge on any atom is -0.314 e. The molecule has 104 valence electrons. The summed E-state index contributed by atoms with van der Waals surface area (Å²) in [4.78, 5) is 16.3. The van der Waals surface area contributed by atoms with Crippen LogP contribution in [0.1, 0.15) is 41.0 Å². The summed E-state index contributed by atoms with van der Waals surface area (Å²) in [6.45, 7) is 12.4. The average molecular weight is 252 g/mol. The molecule has 0 fully saturated rings. The highest BCUT2D eigenvalue weighted by Crippen LogP contribution is 2.39. The first-order chi connectivity index (χ1) is 8.14. The van der Waals surface area contributed by atoms with Crippen LogP contribution in [0.4, 0.5) is 0 Å². The molecule has 0 saturated carbocycles. The van der Waals surface area contributed by atoms with Crippen LogP contribution in [-0.4, -0.2) is 42.9 Å². The van der Waals surface area contributed by atoms with Crippen molar-refractivity contribution in [3.05, 3.63) is 11.3 Å². The molecule has 0 aromatic rings. The van der Waals surface area contributed by atoms with Crippen LogP contribution >= 0.6 is 0 Å². The van der Waals surface area contributed by atoms with Crippen molar-refractivity contribution in [1.82, 2.24) is 9.80 Å². The zero-order valence-electron chi connectivity index (χ0n) is 13.0. The second-order valence-electron chi connectivity index (χ2n) is 6.81. The Morgan fingerprint density at radius 3 is 2.28 bits per heavy atom. The lowest BCUT2D eigenvalue weighted by atomic mass is 9.85. The summed E-state index contributed by atoms with van der Waals surface area (Å²) in [5.41, 5.74) is 2.75. The molecule has 0 spiro atoms. The van der Waals surface area contributed by atoms with E-state index in [0.29, 0.717) is 12.5 Å². The summed E-state index contributed by atoms with van der Waals surface area (Å²) in [5, 5.41) is 0. The fourth-order valence-corrected chi connectivity index (χ4v) is 2.69.